The first-order chi connectivity index (χ1) is 9.62. The second-order valence-corrected chi connectivity index (χ2v) is 5.87. The van der Waals surface area contributed by atoms with Crippen molar-refractivity contribution in [3.05, 3.63) is 21.6 Å². The summed E-state index contributed by atoms with van der Waals surface area (Å²) in [7, 11) is 1.59. The highest BCUT2D eigenvalue weighted by atomic mass is 35.5. The minimum atomic E-state index is -0.269. The Hall–Kier alpha value is -1.07. The number of hydrogen-bond acceptors (Lipinski definition) is 4. The fraction of sp³-hybridized carbons (Fsp3) is 0.714. The van der Waals surface area contributed by atoms with E-state index < -0.39 is 0 Å². The Morgan fingerprint density at radius 3 is 2.90 bits per heavy atom. The third-order valence-electron chi connectivity index (χ3n) is 3.88. The lowest BCUT2D eigenvalue weighted by Crippen LogP contribution is -2.26. The Morgan fingerprint density at radius 1 is 1.55 bits per heavy atom. The molecule has 1 N–H and O–H groups in total. The van der Waals surface area contributed by atoms with Gasteiger partial charge in [-0.3, -0.25) is 4.79 Å². The molecule has 1 aromatic heterocycles. The Balaban J connectivity index is 2.02. The molecule has 112 valence electrons. The zero-order valence-corrected chi connectivity index (χ0v) is 12.9. The topological polar surface area (TPSA) is 56.1 Å². The summed E-state index contributed by atoms with van der Waals surface area (Å²) in [5.74, 6) is 0. The van der Waals surface area contributed by atoms with Gasteiger partial charge in [-0.05, 0) is 24.7 Å². The van der Waals surface area contributed by atoms with E-state index in [9.17, 15) is 4.79 Å². The quantitative estimate of drug-likeness (QED) is 0.801. The summed E-state index contributed by atoms with van der Waals surface area (Å²) >= 11 is 6.13. The number of rotatable bonds is 8. The first kappa shape index (κ1) is 15.3. The summed E-state index contributed by atoms with van der Waals surface area (Å²) in [6.07, 6.45) is 6.54. The maximum atomic E-state index is 12.0. The maximum Gasteiger partial charge on any atom is 0.287 e. The Kier molecular flexibility index (Phi) is 5.05. The van der Waals surface area contributed by atoms with Crippen LogP contribution in [-0.2, 0) is 11.3 Å². The number of ether oxygens (including phenoxy) is 1. The van der Waals surface area contributed by atoms with Crippen LogP contribution in [0.1, 0.15) is 32.6 Å². The molecule has 0 amide bonds. The van der Waals surface area contributed by atoms with Crippen LogP contribution in [-0.4, -0.2) is 30.0 Å². The molecular formula is C14H22ClN3O2. The first-order valence-electron chi connectivity index (χ1n) is 7.10. The van der Waals surface area contributed by atoms with Gasteiger partial charge in [0.2, 0.25) is 0 Å². The van der Waals surface area contributed by atoms with Crippen LogP contribution < -0.4 is 10.9 Å². The highest BCUT2D eigenvalue weighted by Crippen LogP contribution is 2.49. The third kappa shape index (κ3) is 3.52. The molecule has 0 saturated heterocycles. The van der Waals surface area contributed by atoms with Crippen LogP contribution >= 0.6 is 11.6 Å². The van der Waals surface area contributed by atoms with E-state index in [0.29, 0.717) is 24.3 Å². The molecular weight excluding hydrogens is 278 g/mol. The molecule has 20 heavy (non-hydrogen) atoms. The molecule has 1 saturated carbocycles. The zero-order chi connectivity index (χ0) is 14.6. The van der Waals surface area contributed by atoms with Crippen LogP contribution in [0.5, 0.6) is 0 Å². The van der Waals surface area contributed by atoms with E-state index in [4.69, 9.17) is 16.3 Å². The largest absolute Gasteiger partial charge is 0.383 e. The molecule has 5 nitrogen and oxygen atoms in total. The summed E-state index contributed by atoms with van der Waals surface area (Å²) in [5.41, 5.74) is 0.768. The molecule has 0 unspecified atom stereocenters. The fourth-order valence-electron chi connectivity index (χ4n) is 2.43. The normalized spacial score (nSPS) is 16.1. The Bertz CT molecular complexity index is 512. The van der Waals surface area contributed by atoms with Crippen LogP contribution in [0.25, 0.3) is 0 Å². The number of nitrogens with zero attached hydrogens (tertiary/aromatic N) is 2. The van der Waals surface area contributed by atoms with Crippen LogP contribution in [0.15, 0.2) is 11.0 Å². The molecule has 1 fully saturated rings. The lowest BCUT2D eigenvalue weighted by atomic mass is 10.0. The van der Waals surface area contributed by atoms with E-state index in [1.54, 1.807) is 13.3 Å². The molecule has 0 atom stereocenters. The summed E-state index contributed by atoms with van der Waals surface area (Å²) in [5, 5.41) is 7.62. The number of aromatic nitrogens is 2. The number of methoxy groups -OCH3 is 1. The van der Waals surface area contributed by atoms with Gasteiger partial charge in [-0.2, -0.15) is 5.10 Å². The maximum absolute atomic E-state index is 12.0. The van der Waals surface area contributed by atoms with Gasteiger partial charge in [-0.25, -0.2) is 4.68 Å². The van der Waals surface area contributed by atoms with Crippen molar-refractivity contribution in [2.45, 2.75) is 39.2 Å². The number of halogens is 1. The van der Waals surface area contributed by atoms with E-state index >= 15 is 0 Å². The van der Waals surface area contributed by atoms with Gasteiger partial charge in [0.15, 0.2) is 0 Å². The van der Waals surface area contributed by atoms with E-state index in [1.165, 1.54) is 30.4 Å². The zero-order valence-electron chi connectivity index (χ0n) is 12.1. The molecule has 2 rings (SSSR count). The van der Waals surface area contributed by atoms with Crippen molar-refractivity contribution in [3.8, 4) is 0 Å². The lowest BCUT2D eigenvalue weighted by molar-refractivity contribution is 0.182. The van der Waals surface area contributed by atoms with Crippen LogP contribution in [0, 0.1) is 5.41 Å². The fourth-order valence-corrected chi connectivity index (χ4v) is 2.64. The van der Waals surface area contributed by atoms with Gasteiger partial charge in [0.25, 0.3) is 5.56 Å². The molecule has 0 bridgehead atoms. The second kappa shape index (κ2) is 6.59. The summed E-state index contributed by atoms with van der Waals surface area (Å²) < 4.78 is 6.27. The van der Waals surface area contributed by atoms with E-state index in [1.807, 2.05) is 0 Å². The van der Waals surface area contributed by atoms with E-state index in [2.05, 4.69) is 17.3 Å². The van der Waals surface area contributed by atoms with E-state index in [-0.39, 0.29) is 10.6 Å². The SMILES string of the molecule is CCCC1(CNc2cnn(CCOC)c(=O)c2Cl)CC1. The minimum Gasteiger partial charge on any atom is -0.383 e. The van der Waals surface area contributed by atoms with E-state index in [0.717, 1.165) is 6.54 Å². The standard InChI is InChI=1S/C14H22ClN3O2/c1-3-4-14(5-6-14)10-16-11-9-17-18(7-8-20-2)13(19)12(11)15/h9,16H,3-8,10H2,1-2H3. The molecule has 0 radical (unpaired) electrons. The molecule has 1 aliphatic rings. The summed E-state index contributed by atoms with van der Waals surface area (Å²) in [4.78, 5) is 12.0. The predicted octanol–water partition coefficient (Wildman–Crippen LogP) is 2.54. The Labute approximate surface area is 124 Å². The van der Waals surface area contributed by atoms with Crippen molar-refractivity contribution in [1.82, 2.24) is 9.78 Å². The first-order valence-corrected chi connectivity index (χ1v) is 7.48. The molecule has 1 heterocycles. The second-order valence-electron chi connectivity index (χ2n) is 5.50. The monoisotopic (exact) mass is 299 g/mol. The lowest BCUT2D eigenvalue weighted by Gasteiger charge is -2.16. The average molecular weight is 300 g/mol. The van der Waals surface area contributed by atoms with Gasteiger partial charge in [-0.1, -0.05) is 24.9 Å². The van der Waals surface area contributed by atoms with Crippen molar-refractivity contribution in [2.24, 2.45) is 5.41 Å². The van der Waals surface area contributed by atoms with Crippen LogP contribution in [0.2, 0.25) is 5.02 Å². The van der Waals surface area contributed by atoms with Crippen LogP contribution in [0.3, 0.4) is 0 Å². The minimum absolute atomic E-state index is 0.211. The van der Waals surface area contributed by atoms with Crippen molar-refractivity contribution in [1.29, 1.82) is 0 Å². The number of nitrogens with one attached hydrogen (secondary N) is 1. The van der Waals surface area contributed by atoms with Gasteiger partial charge in [-0.15, -0.1) is 0 Å². The van der Waals surface area contributed by atoms with Crippen molar-refractivity contribution in [2.75, 3.05) is 25.6 Å². The number of hydrogen-bond donors (Lipinski definition) is 1. The van der Waals surface area contributed by atoms with Crippen molar-refractivity contribution in [3.63, 3.8) is 0 Å². The molecule has 0 aliphatic heterocycles. The predicted molar refractivity (Wildman–Crippen MR) is 80.4 cm³/mol. The van der Waals surface area contributed by atoms with Gasteiger partial charge in [0, 0.05) is 13.7 Å². The molecule has 0 spiro atoms. The molecule has 1 aliphatic carbocycles. The smallest absolute Gasteiger partial charge is 0.287 e. The highest BCUT2D eigenvalue weighted by molar-refractivity contribution is 6.32. The van der Waals surface area contributed by atoms with Crippen LogP contribution in [0.4, 0.5) is 5.69 Å². The third-order valence-corrected chi connectivity index (χ3v) is 4.25. The van der Waals surface area contributed by atoms with Gasteiger partial charge in [0.05, 0.1) is 25.0 Å². The molecule has 6 heteroatoms. The Morgan fingerprint density at radius 2 is 2.30 bits per heavy atom. The van der Waals surface area contributed by atoms with Crippen molar-refractivity contribution >= 4 is 17.3 Å². The van der Waals surface area contributed by atoms with Gasteiger partial charge < -0.3 is 10.1 Å². The highest BCUT2D eigenvalue weighted by Gasteiger charge is 2.41. The summed E-state index contributed by atoms with van der Waals surface area (Å²) in [6, 6.07) is 0. The van der Waals surface area contributed by atoms with Crippen molar-refractivity contribution < 1.29 is 4.74 Å². The van der Waals surface area contributed by atoms with Gasteiger partial charge >= 0.3 is 0 Å². The molecule has 0 aromatic carbocycles. The summed E-state index contributed by atoms with van der Waals surface area (Å²) in [6.45, 7) is 3.92. The molecule has 1 aromatic rings. The van der Waals surface area contributed by atoms with Gasteiger partial charge in [0.1, 0.15) is 5.02 Å². The number of anilines is 1. The average Bonchev–Trinajstić information content (AvgIpc) is 3.20.